The van der Waals surface area contributed by atoms with Gasteiger partial charge in [-0.25, -0.2) is 14.8 Å². The van der Waals surface area contributed by atoms with Crippen molar-refractivity contribution >= 4 is 22.9 Å². The number of carbonyl (C=O) groups excluding carboxylic acids is 1. The Labute approximate surface area is 162 Å². The van der Waals surface area contributed by atoms with Gasteiger partial charge in [-0.2, -0.15) is 5.10 Å². The summed E-state index contributed by atoms with van der Waals surface area (Å²) in [4.78, 5) is 23.7. The SMILES string of the molecule is Cn1cc(-c2ccc3cnc(NC(=O)N4C5CCC4CC(N)C5)nc3c2)cn1. The van der Waals surface area contributed by atoms with E-state index in [0.29, 0.717) is 5.95 Å². The number of nitrogens with two attached hydrogens (primary N) is 1. The Balaban J connectivity index is 1.39. The second kappa shape index (κ2) is 6.56. The molecule has 28 heavy (non-hydrogen) atoms. The molecule has 2 atom stereocenters. The van der Waals surface area contributed by atoms with E-state index in [0.717, 1.165) is 47.7 Å². The third-order valence-electron chi connectivity index (χ3n) is 5.84. The zero-order valence-corrected chi connectivity index (χ0v) is 15.7. The molecule has 0 spiro atoms. The number of aromatic nitrogens is 4. The number of piperidine rings is 1. The predicted octanol–water partition coefficient (Wildman–Crippen LogP) is 2.52. The number of rotatable bonds is 2. The van der Waals surface area contributed by atoms with Gasteiger partial charge < -0.3 is 10.6 Å². The van der Waals surface area contributed by atoms with Crippen molar-refractivity contribution in [1.29, 1.82) is 0 Å². The molecule has 8 nitrogen and oxygen atoms in total. The Bertz CT molecular complexity index is 1030. The number of benzene rings is 1. The second-order valence-electron chi connectivity index (χ2n) is 7.82. The van der Waals surface area contributed by atoms with Crippen LogP contribution in [0.1, 0.15) is 25.7 Å². The van der Waals surface area contributed by atoms with Crippen molar-refractivity contribution in [2.24, 2.45) is 12.8 Å². The molecular formula is C20H23N7O. The minimum atomic E-state index is -0.123. The second-order valence-corrected chi connectivity index (χ2v) is 7.82. The maximum atomic E-state index is 12.8. The van der Waals surface area contributed by atoms with Gasteiger partial charge in [0.15, 0.2) is 0 Å². The highest BCUT2D eigenvalue weighted by Crippen LogP contribution is 2.35. The highest BCUT2D eigenvalue weighted by molar-refractivity contribution is 5.90. The molecule has 0 radical (unpaired) electrons. The molecule has 0 saturated carbocycles. The number of fused-ring (bicyclic) bond motifs is 3. The summed E-state index contributed by atoms with van der Waals surface area (Å²) in [5.74, 6) is 0.329. The molecule has 2 aliphatic rings. The lowest BCUT2D eigenvalue weighted by Crippen LogP contribution is -2.51. The highest BCUT2D eigenvalue weighted by atomic mass is 16.2. The first-order chi connectivity index (χ1) is 13.6. The summed E-state index contributed by atoms with van der Waals surface area (Å²) in [5.41, 5.74) is 8.95. The molecule has 8 heteroatoms. The Hall–Kier alpha value is -3.00. The van der Waals surface area contributed by atoms with Crippen molar-refractivity contribution in [3.8, 4) is 11.1 Å². The smallest absolute Gasteiger partial charge is 0.324 e. The molecule has 2 aliphatic heterocycles. The van der Waals surface area contributed by atoms with Crippen LogP contribution in [0.4, 0.5) is 10.7 Å². The lowest BCUT2D eigenvalue weighted by atomic mass is 9.99. The fourth-order valence-corrected chi connectivity index (χ4v) is 4.54. The molecule has 0 aliphatic carbocycles. The Kier molecular flexibility index (Phi) is 4.01. The summed E-state index contributed by atoms with van der Waals surface area (Å²) in [7, 11) is 1.89. The number of nitrogens with one attached hydrogen (secondary N) is 1. The largest absolute Gasteiger partial charge is 0.328 e. The summed E-state index contributed by atoms with van der Waals surface area (Å²) in [6.07, 6.45) is 9.32. The number of nitrogens with zero attached hydrogens (tertiary/aromatic N) is 5. The van der Waals surface area contributed by atoms with Crippen molar-refractivity contribution in [2.75, 3.05) is 5.32 Å². The number of urea groups is 1. The number of amides is 2. The van der Waals surface area contributed by atoms with E-state index < -0.39 is 0 Å². The zero-order chi connectivity index (χ0) is 19.3. The molecule has 3 N–H and O–H groups in total. The number of aryl methyl sites for hydroxylation is 1. The summed E-state index contributed by atoms with van der Waals surface area (Å²) >= 11 is 0. The molecule has 144 valence electrons. The summed E-state index contributed by atoms with van der Waals surface area (Å²) in [5, 5.41) is 8.04. The van der Waals surface area contributed by atoms with Gasteiger partial charge in [0.25, 0.3) is 0 Å². The van der Waals surface area contributed by atoms with E-state index in [-0.39, 0.29) is 24.2 Å². The van der Waals surface area contributed by atoms with Crippen molar-refractivity contribution in [3.63, 3.8) is 0 Å². The molecule has 1 aromatic carbocycles. The van der Waals surface area contributed by atoms with Gasteiger partial charge >= 0.3 is 6.03 Å². The first-order valence-electron chi connectivity index (χ1n) is 9.67. The van der Waals surface area contributed by atoms with Crippen LogP contribution >= 0.6 is 0 Å². The molecule has 3 aromatic rings. The first-order valence-corrected chi connectivity index (χ1v) is 9.67. The van der Waals surface area contributed by atoms with Crippen LogP contribution in [0.15, 0.2) is 36.8 Å². The first kappa shape index (κ1) is 17.1. The molecule has 2 saturated heterocycles. The van der Waals surface area contributed by atoms with Gasteiger partial charge in [-0.3, -0.25) is 10.00 Å². The zero-order valence-electron chi connectivity index (χ0n) is 15.7. The van der Waals surface area contributed by atoms with Crippen LogP contribution in [0.25, 0.3) is 22.0 Å². The molecule has 2 amide bonds. The number of hydrogen-bond acceptors (Lipinski definition) is 5. The summed E-state index contributed by atoms with van der Waals surface area (Å²) in [6, 6.07) is 6.53. The van der Waals surface area contributed by atoms with E-state index in [1.165, 1.54) is 0 Å². The van der Waals surface area contributed by atoms with Crippen LogP contribution in [-0.4, -0.2) is 48.8 Å². The molecule has 2 aromatic heterocycles. The average Bonchev–Trinajstić information content (AvgIpc) is 3.22. The molecule has 5 rings (SSSR count). The maximum absolute atomic E-state index is 12.8. The quantitative estimate of drug-likeness (QED) is 0.714. The van der Waals surface area contributed by atoms with Crippen LogP contribution in [0.2, 0.25) is 0 Å². The highest BCUT2D eigenvalue weighted by Gasteiger charge is 2.42. The van der Waals surface area contributed by atoms with E-state index in [1.807, 2.05) is 42.5 Å². The van der Waals surface area contributed by atoms with Crippen LogP contribution in [-0.2, 0) is 7.05 Å². The third-order valence-corrected chi connectivity index (χ3v) is 5.84. The molecule has 2 unspecified atom stereocenters. The summed E-state index contributed by atoms with van der Waals surface area (Å²) < 4.78 is 1.77. The van der Waals surface area contributed by atoms with E-state index in [1.54, 1.807) is 10.9 Å². The van der Waals surface area contributed by atoms with Gasteiger partial charge in [-0.1, -0.05) is 12.1 Å². The van der Waals surface area contributed by atoms with Gasteiger partial charge in [0.05, 0.1) is 11.7 Å². The number of hydrogen-bond donors (Lipinski definition) is 2. The van der Waals surface area contributed by atoms with Crippen molar-refractivity contribution < 1.29 is 4.79 Å². The molecule has 2 fully saturated rings. The van der Waals surface area contributed by atoms with Crippen LogP contribution < -0.4 is 11.1 Å². The Morgan fingerprint density at radius 1 is 1.18 bits per heavy atom. The number of anilines is 1. The van der Waals surface area contributed by atoms with Gasteiger partial charge in [0, 0.05) is 48.5 Å². The van der Waals surface area contributed by atoms with Crippen LogP contribution in [0, 0.1) is 0 Å². The fourth-order valence-electron chi connectivity index (χ4n) is 4.54. The normalized spacial score (nSPS) is 23.9. The van der Waals surface area contributed by atoms with Gasteiger partial charge in [-0.05, 0) is 37.3 Å². The van der Waals surface area contributed by atoms with Gasteiger partial charge in [0.2, 0.25) is 5.95 Å². The van der Waals surface area contributed by atoms with Crippen molar-refractivity contribution in [2.45, 2.75) is 43.8 Å². The van der Waals surface area contributed by atoms with E-state index >= 15 is 0 Å². The fraction of sp³-hybridized carbons (Fsp3) is 0.400. The number of carbonyl (C=O) groups is 1. The van der Waals surface area contributed by atoms with Gasteiger partial charge in [0.1, 0.15) is 0 Å². The lowest BCUT2D eigenvalue weighted by Gasteiger charge is -2.37. The van der Waals surface area contributed by atoms with Crippen LogP contribution in [0.3, 0.4) is 0 Å². The standard InChI is InChI=1S/C20H23N7O/c1-26-11-14(10-23-26)12-2-3-13-9-22-19(24-18(13)6-12)25-20(28)27-16-4-5-17(27)8-15(21)7-16/h2-3,6,9-11,15-17H,4-5,7-8,21H2,1H3,(H,22,24,25,28). The molecular weight excluding hydrogens is 354 g/mol. The van der Waals surface area contributed by atoms with E-state index in [4.69, 9.17) is 5.73 Å². The monoisotopic (exact) mass is 377 g/mol. The van der Waals surface area contributed by atoms with E-state index in [9.17, 15) is 4.79 Å². The molecule has 2 bridgehead atoms. The topological polar surface area (TPSA) is 102 Å². The predicted molar refractivity (Wildman–Crippen MR) is 107 cm³/mol. The Morgan fingerprint density at radius 2 is 1.96 bits per heavy atom. The summed E-state index contributed by atoms with van der Waals surface area (Å²) in [6.45, 7) is 0. The third kappa shape index (κ3) is 2.99. The van der Waals surface area contributed by atoms with Crippen LogP contribution in [0.5, 0.6) is 0 Å². The maximum Gasteiger partial charge on any atom is 0.324 e. The van der Waals surface area contributed by atoms with Crippen molar-refractivity contribution in [1.82, 2.24) is 24.6 Å². The van der Waals surface area contributed by atoms with Crippen molar-refractivity contribution in [3.05, 3.63) is 36.8 Å². The molecule has 4 heterocycles. The Morgan fingerprint density at radius 3 is 2.68 bits per heavy atom. The van der Waals surface area contributed by atoms with E-state index in [2.05, 4.69) is 20.4 Å². The lowest BCUT2D eigenvalue weighted by molar-refractivity contribution is 0.150. The van der Waals surface area contributed by atoms with Gasteiger partial charge in [-0.15, -0.1) is 0 Å². The minimum absolute atomic E-state index is 0.123. The average molecular weight is 377 g/mol. The minimum Gasteiger partial charge on any atom is -0.328 e.